The van der Waals surface area contributed by atoms with Crippen molar-refractivity contribution in [2.75, 3.05) is 18.6 Å². The van der Waals surface area contributed by atoms with Gasteiger partial charge in [-0.1, -0.05) is 20.3 Å². The number of rotatable bonds is 18. The van der Waals surface area contributed by atoms with Crippen molar-refractivity contribution in [1.29, 1.82) is 0 Å². The Kier molecular flexibility index (Phi) is 15.9. The summed E-state index contributed by atoms with van der Waals surface area (Å²) in [5.74, 6) is -3.58. The van der Waals surface area contributed by atoms with E-state index in [0.717, 1.165) is 6.42 Å². The number of unbranched alkanes of at least 4 members (excludes halogenated alkanes) is 1. The summed E-state index contributed by atoms with van der Waals surface area (Å²) in [6.45, 7) is 4.16. The van der Waals surface area contributed by atoms with Crippen LogP contribution in [0.2, 0.25) is 0 Å². The van der Waals surface area contributed by atoms with Crippen molar-refractivity contribution in [3.63, 3.8) is 0 Å². The van der Waals surface area contributed by atoms with Gasteiger partial charge in [0, 0.05) is 0 Å². The van der Waals surface area contributed by atoms with Crippen molar-refractivity contribution in [3.8, 4) is 0 Å². The SMILES string of the molecule is CSCCC(NC(=O)C(N)CCCCN)C(=O)NC(CC(C)C)C(=O)NC(CC(N)=O)C(=O)O. The maximum atomic E-state index is 13.0. The Morgan fingerprint density at radius 1 is 0.882 bits per heavy atom. The minimum Gasteiger partial charge on any atom is -0.480 e. The second kappa shape index (κ2) is 17.1. The van der Waals surface area contributed by atoms with E-state index in [4.69, 9.17) is 17.2 Å². The average Bonchev–Trinajstić information content (AvgIpc) is 2.74. The number of nitrogens with two attached hydrogens (primary N) is 3. The molecule has 0 aliphatic carbocycles. The predicted molar refractivity (Wildman–Crippen MR) is 131 cm³/mol. The van der Waals surface area contributed by atoms with Crippen LogP contribution in [0.4, 0.5) is 0 Å². The fraction of sp³-hybridized carbons (Fsp3) is 0.762. The number of carbonyl (C=O) groups excluding carboxylic acids is 4. The first-order valence-corrected chi connectivity index (χ1v) is 12.7. The highest BCUT2D eigenvalue weighted by Gasteiger charge is 2.31. The summed E-state index contributed by atoms with van der Waals surface area (Å²) in [5.41, 5.74) is 16.4. The van der Waals surface area contributed by atoms with Gasteiger partial charge in [0.15, 0.2) is 0 Å². The highest BCUT2D eigenvalue weighted by atomic mass is 32.2. The number of carboxylic acids is 1. The van der Waals surface area contributed by atoms with Gasteiger partial charge in [-0.25, -0.2) is 4.79 Å². The van der Waals surface area contributed by atoms with Gasteiger partial charge in [-0.15, -0.1) is 0 Å². The third kappa shape index (κ3) is 13.4. The molecule has 0 aliphatic rings. The summed E-state index contributed by atoms with van der Waals surface area (Å²) in [6.07, 6.45) is 3.63. The zero-order valence-corrected chi connectivity index (χ0v) is 21.0. The summed E-state index contributed by atoms with van der Waals surface area (Å²) in [7, 11) is 0. The lowest BCUT2D eigenvalue weighted by Crippen LogP contribution is -2.57. The molecule has 0 saturated carbocycles. The lowest BCUT2D eigenvalue weighted by atomic mass is 10.0. The number of carboxylic acid groups (broad SMARTS) is 1. The molecule has 0 aromatic carbocycles. The summed E-state index contributed by atoms with van der Waals surface area (Å²) in [4.78, 5) is 60.7. The molecule has 4 atom stereocenters. The number of nitrogens with one attached hydrogen (secondary N) is 3. The minimum absolute atomic E-state index is 0.0225. The number of carbonyl (C=O) groups is 5. The van der Waals surface area contributed by atoms with Crippen LogP contribution in [0.25, 0.3) is 0 Å². The van der Waals surface area contributed by atoms with Gasteiger partial charge >= 0.3 is 5.97 Å². The Labute approximate surface area is 204 Å². The molecule has 12 nitrogen and oxygen atoms in total. The van der Waals surface area contributed by atoms with Crippen LogP contribution >= 0.6 is 11.8 Å². The van der Waals surface area contributed by atoms with Crippen LogP contribution in [0.5, 0.6) is 0 Å². The molecule has 0 heterocycles. The monoisotopic (exact) mass is 504 g/mol. The number of amides is 4. The largest absolute Gasteiger partial charge is 0.480 e. The topological polar surface area (TPSA) is 220 Å². The average molecular weight is 505 g/mol. The van der Waals surface area contributed by atoms with E-state index < -0.39 is 60.2 Å². The fourth-order valence-corrected chi connectivity index (χ4v) is 3.54. The summed E-state index contributed by atoms with van der Waals surface area (Å²) in [6, 6.07) is -4.32. The molecule has 0 aromatic heterocycles. The minimum atomic E-state index is -1.52. The molecule has 0 rings (SSSR count). The van der Waals surface area contributed by atoms with Crippen LogP contribution in [0.15, 0.2) is 0 Å². The molecule has 13 heteroatoms. The maximum absolute atomic E-state index is 13.0. The maximum Gasteiger partial charge on any atom is 0.326 e. The molecule has 10 N–H and O–H groups in total. The van der Waals surface area contributed by atoms with E-state index >= 15 is 0 Å². The van der Waals surface area contributed by atoms with Crippen LogP contribution in [-0.2, 0) is 24.0 Å². The molecule has 196 valence electrons. The van der Waals surface area contributed by atoms with Gasteiger partial charge in [-0.05, 0) is 50.2 Å². The molecule has 4 unspecified atom stereocenters. The zero-order chi connectivity index (χ0) is 26.3. The lowest BCUT2D eigenvalue weighted by Gasteiger charge is -2.26. The van der Waals surface area contributed by atoms with Crippen LogP contribution in [0, 0.1) is 5.92 Å². The molecule has 0 aliphatic heterocycles. The van der Waals surface area contributed by atoms with Gasteiger partial charge in [0.05, 0.1) is 12.5 Å². The Bertz CT molecular complexity index is 693. The highest BCUT2D eigenvalue weighted by Crippen LogP contribution is 2.09. The van der Waals surface area contributed by atoms with E-state index in [1.54, 1.807) is 0 Å². The molecular weight excluding hydrogens is 464 g/mol. The molecule has 0 spiro atoms. The zero-order valence-electron chi connectivity index (χ0n) is 20.2. The smallest absolute Gasteiger partial charge is 0.326 e. The third-order valence-corrected chi connectivity index (χ3v) is 5.55. The number of thioether (sulfide) groups is 1. The van der Waals surface area contributed by atoms with Crippen molar-refractivity contribution in [2.24, 2.45) is 23.1 Å². The Morgan fingerprint density at radius 3 is 1.94 bits per heavy atom. The second-order valence-corrected chi connectivity index (χ2v) is 9.48. The van der Waals surface area contributed by atoms with E-state index in [0.29, 0.717) is 31.6 Å². The molecule has 0 saturated heterocycles. The first-order chi connectivity index (χ1) is 15.9. The van der Waals surface area contributed by atoms with Crippen LogP contribution in [0.1, 0.15) is 52.4 Å². The van der Waals surface area contributed by atoms with Gasteiger partial charge in [-0.3, -0.25) is 19.2 Å². The van der Waals surface area contributed by atoms with Gasteiger partial charge in [0.25, 0.3) is 0 Å². The van der Waals surface area contributed by atoms with E-state index in [9.17, 15) is 29.1 Å². The van der Waals surface area contributed by atoms with Gasteiger partial charge in [-0.2, -0.15) is 11.8 Å². The summed E-state index contributed by atoms with van der Waals surface area (Å²) >= 11 is 1.49. The van der Waals surface area contributed by atoms with Gasteiger partial charge in [0.2, 0.25) is 23.6 Å². The van der Waals surface area contributed by atoms with E-state index in [2.05, 4.69) is 16.0 Å². The molecule has 4 amide bonds. The number of hydrogen-bond acceptors (Lipinski definition) is 8. The van der Waals surface area contributed by atoms with Gasteiger partial charge in [0.1, 0.15) is 18.1 Å². The van der Waals surface area contributed by atoms with Crippen molar-refractivity contribution in [1.82, 2.24) is 16.0 Å². The van der Waals surface area contributed by atoms with E-state index in [1.165, 1.54) is 11.8 Å². The number of primary amides is 1. The lowest BCUT2D eigenvalue weighted by molar-refractivity contribution is -0.143. The Balaban J connectivity index is 5.40. The standard InChI is InChI=1S/C21H40N6O6S/c1-12(2)10-15(20(31)27-16(21(32)33)11-17(24)28)26-19(30)14(7-9-34-3)25-18(29)13(23)6-4-5-8-22/h12-16H,4-11,22-23H2,1-3H3,(H2,24,28)(H,25,29)(H,26,30)(H,27,31)(H,32,33). The summed E-state index contributed by atoms with van der Waals surface area (Å²) in [5, 5.41) is 16.8. The van der Waals surface area contributed by atoms with E-state index in [1.807, 2.05) is 20.1 Å². The van der Waals surface area contributed by atoms with Crippen LogP contribution < -0.4 is 33.2 Å². The van der Waals surface area contributed by atoms with Gasteiger partial charge < -0.3 is 38.3 Å². The van der Waals surface area contributed by atoms with E-state index in [-0.39, 0.29) is 12.3 Å². The molecule has 0 fully saturated rings. The first kappa shape index (κ1) is 31.6. The molecule has 0 aromatic rings. The Hall–Kier alpha value is -2.38. The van der Waals surface area contributed by atoms with Crippen LogP contribution in [-0.4, -0.2) is 77.4 Å². The molecule has 0 bridgehead atoms. The van der Waals surface area contributed by atoms with Crippen molar-refractivity contribution in [3.05, 3.63) is 0 Å². The molecule has 34 heavy (non-hydrogen) atoms. The predicted octanol–water partition coefficient (Wildman–Crippen LogP) is -1.34. The number of hydrogen-bond donors (Lipinski definition) is 7. The highest BCUT2D eigenvalue weighted by molar-refractivity contribution is 7.98. The summed E-state index contributed by atoms with van der Waals surface area (Å²) < 4.78 is 0. The normalized spacial score (nSPS) is 14.5. The van der Waals surface area contributed by atoms with Crippen molar-refractivity contribution < 1.29 is 29.1 Å². The van der Waals surface area contributed by atoms with Crippen molar-refractivity contribution in [2.45, 2.75) is 76.5 Å². The van der Waals surface area contributed by atoms with Crippen LogP contribution in [0.3, 0.4) is 0 Å². The fourth-order valence-electron chi connectivity index (χ4n) is 3.07. The molecule has 0 radical (unpaired) electrons. The second-order valence-electron chi connectivity index (χ2n) is 8.49. The third-order valence-electron chi connectivity index (χ3n) is 4.91. The Morgan fingerprint density at radius 2 is 1.44 bits per heavy atom. The quantitative estimate of drug-likeness (QED) is 0.110. The number of aliphatic carboxylic acids is 1. The molecular formula is C21H40N6O6S. The first-order valence-electron chi connectivity index (χ1n) is 11.3. The van der Waals surface area contributed by atoms with Crippen molar-refractivity contribution >= 4 is 41.4 Å².